The van der Waals surface area contributed by atoms with Gasteiger partial charge >= 0.3 is 0 Å². The molecule has 0 bridgehead atoms. The van der Waals surface area contributed by atoms with Gasteiger partial charge in [0.2, 0.25) is 5.91 Å². The Balaban J connectivity index is 2.25. The first kappa shape index (κ1) is 14.4. The Kier molecular flexibility index (Phi) is 6.47. The lowest BCUT2D eigenvalue weighted by atomic mass is 10.0. The Morgan fingerprint density at radius 3 is 3.06 bits per heavy atom. The smallest absolute Gasteiger partial charge is 0.237 e. The molecule has 1 rings (SSSR count). The van der Waals surface area contributed by atoms with Crippen molar-refractivity contribution in [2.24, 2.45) is 5.73 Å². The van der Waals surface area contributed by atoms with Crippen molar-refractivity contribution in [1.82, 2.24) is 10.2 Å². The average molecular weight is 243 g/mol. The zero-order chi connectivity index (χ0) is 12.7. The monoisotopic (exact) mass is 243 g/mol. The Morgan fingerprint density at radius 1 is 1.65 bits per heavy atom. The SMILES string of the molecule is COCCCNC(=O)C(C)N1CCCC(N)C1. The zero-order valence-electron chi connectivity index (χ0n) is 10.9. The normalized spacial score (nSPS) is 23.4. The summed E-state index contributed by atoms with van der Waals surface area (Å²) < 4.78 is 4.94. The summed E-state index contributed by atoms with van der Waals surface area (Å²) in [5, 5.41) is 2.93. The second kappa shape index (κ2) is 7.63. The lowest BCUT2D eigenvalue weighted by Crippen LogP contribution is -2.52. The highest BCUT2D eigenvalue weighted by atomic mass is 16.5. The number of piperidine rings is 1. The number of amides is 1. The minimum Gasteiger partial charge on any atom is -0.385 e. The van der Waals surface area contributed by atoms with Crippen molar-refractivity contribution < 1.29 is 9.53 Å². The van der Waals surface area contributed by atoms with E-state index in [9.17, 15) is 4.79 Å². The van der Waals surface area contributed by atoms with Gasteiger partial charge in [-0.15, -0.1) is 0 Å². The number of rotatable bonds is 6. The van der Waals surface area contributed by atoms with E-state index in [1.165, 1.54) is 0 Å². The van der Waals surface area contributed by atoms with Gasteiger partial charge in [0.25, 0.3) is 0 Å². The van der Waals surface area contributed by atoms with Gasteiger partial charge in [0, 0.05) is 32.8 Å². The molecule has 2 unspecified atom stereocenters. The molecule has 3 N–H and O–H groups in total. The molecule has 1 saturated heterocycles. The number of nitrogens with zero attached hydrogens (tertiary/aromatic N) is 1. The van der Waals surface area contributed by atoms with Crippen LogP contribution < -0.4 is 11.1 Å². The maximum Gasteiger partial charge on any atom is 0.237 e. The van der Waals surface area contributed by atoms with Gasteiger partial charge in [0.1, 0.15) is 0 Å². The van der Waals surface area contributed by atoms with Crippen molar-refractivity contribution in [3.8, 4) is 0 Å². The van der Waals surface area contributed by atoms with Crippen molar-refractivity contribution in [3.05, 3.63) is 0 Å². The van der Waals surface area contributed by atoms with E-state index in [1.807, 2.05) is 6.92 Å². The van der Waals surface area contributed by atoms with Crippen LogP contribution in [0.1, 0.15) is 26.2 Å². The molecule has 0 radical (unpaired) electrons. The first-order chi connectivity index (χ1) is 8.15. The average Bonchev–Trinajstić information content (AvgIpc) is 2.33. The molecule has 1 heterocycles. The second-order valence-corrected chi connectivity index (χ2v) is 4.71. The first-order valence-corrected chi connectivity index (χ1v) is 6.41. The molecule has 0 aromatic heterocycles. The minimum atomic E-state index is -0.0797. The molecule has 1 aliphatic rings. The lowest BCUT2D eigenvalue weighted by Gasteiger charge is -2.34. The van der Waals surface area contributed by atoms with E-state index in [4.69, 9.17) is 10.5 Å². The maximum absolute atomic E-state index is 11.9. The molecular weight excluding hydrogens is 218 g/mol. The summed E-state index contributed by atoms with van der Waals surface area (Å²) in [6, 6.07) is 0.136. The molecule has 0 aliphatic carbocycles. The summed E-state index contributed by atoms with van der Waals surface area (Å²) in [5.74, 6) is 0.0928. The van der Waals surface area contributed by atoms with Crippen LogP contribution in [0.3, 0.4) is 0 Å². The molecule has 17 heavy (non-hydrogen) atoms. The number of hydrogen-bond donors (Lipinski definition) is 2. The van der Waals surface area contributed by atoms with E-state index < -0.39 is 0 Å². The molecule has 0 saturated carbocycles. The molecule has 1 fully saturated rings. The molecule has 0 aromatic rings. The Hall–Kier alpha value is -0.650. The number of hydrogen-bond acceptors (Lipinski definition) is 4. The third-order valence-corrected chi connectivity index (χ3v) is 3.24. The maximum atomic E-state index is 11.9. The lowest BCUT2D eigenvalue weighted by molar-refractivity contribution is -0.126. The van der Waals surface area contributed by atoms with Crippen molar-refractivity contribution >= 4 is 5.91 Å². The summed E-state index contributed by atoms with van der Waals surface area (Å²) in [4.78, 5) is 14.0. The molecule has 5 heteroatoms. The Bertz CT molecular complexity index is 236. The number of nitrogens with one attached hydrogen (secondary N) is 1. The predicted octanol–water partition coefficient (Wildman–Crippen LogP) is -0.0493. The topological polar surface area (TPSA) is 67.6 Å². The van der Waals surface area contributed by atoms with Crippen molar-refractivity contribution in [2.75, 3.05) is 33.4 Å². The fraction of sp³-hybridized carbons (Fsp3) is 0.917. The summed E-state index contributed by atoms with van der Waals surface area (Å²) >= 11 is 0. The van der Waals surface area contributed by atoms with Gasteiger partial charge in [-0.1, -0.05) is 0 Å². The van der Waals surface area contributed by atoms with E-state index in [-0.39, 0.29) is 18.0 Å². The molecule has 0 aromatic carbocycles. The van der Waals surface area contributed by atoms with Crippen LogP contribution in [0.2, 0.25) is 0 Å². The Labute approximate surface area is 104 Å². The highest BCUT2D eigenvalue weighted by molar-refractivity contribution is 5.81. The predicted molar refractivity (Wildman–Crippen MR) is 67.7 cm³/mol. The van der Waals surface area contributed by atoms with E-state index in [0.29, 0.717) is 13.2 Å². The largest absolute Gasteiger partial charge is 0.385 e. The molecular formula is C12H25N3O2. The van der Waals surface area contributed by atoms with Crippen LogP contribution in [0.15, 0.2) is 0 Å². The number of methoxy groups -OCH3 is 1. The number of carbonyl (C=O) groups is 1. The van der Waals surface area contributed by atoms with E-state index in [1.54, 1.807) is 7.11 Å². The van der Waals surface area contributed by atoms with Gasteiger partial charge in [-0.05, 0) is 32.7 Å². The quantitative estimate of drug-likeness (QED) is 0.642. The van der Waals surface area contributed by atoms with Crippen LogP contribution in [-0.4, -0.2) is 56.2 Å². The summed E-state index contributed by atoms with van der Waals surface area (Å²) in [6.07, 6.45) is 3.01. The number of ether oxygens (including phenoxy) is 1. The van der Waals surface area contributed by atoms with Crippen LogP contribution in [0.25, 0.3) is 0 Å². The summed E-state index contributed by atoms with van der Waals surface area (Å²) in [6.45, 7) is 5.11. The van der Waals surface area contributed by atoms with E-state index in [2.05, 4.69) is 10.2 Å². The molecule has 1 amide bonds. The highest BCUT2D eigenvalue weighted by Crippen LogP contribution is 2.11. The van der Waals surface area contributed by atoms with Gasteiger partial charge in [0.05, 0.1) is 6.04 Å². The number of nitrogens with two attached hydrogens (primary N) is 1. The zero-order valence-corrected chi connectivity index (χ0v) is 10.9. The van der Waals surface area contributed by atoms with Crippen molar-refractivity contribution in [3.63, 3.8) is 0 Å². The summed E-state index contributed by atoms with van der Waals surface area (Å²) in [5.41, 5.74) is 5.91. The van der Waals surface area contributed by atoms with Crippen molar-refractivity contribution in [2.45, 2.75) is 38.3 Å². The van der Waals surface area contributed by atoms with E-state index in [0.717, 1.165) is 32.4 Å². The van der Waals surface area contributed by atoms with Gasteiger partial charge in [-0.25, -0.2) is 0 Å². The fourth-order valence-corrected chi connectivity index (χ4v) is 2.13. The van der Waals surface area contributed by atoms with Crippen LogP contribution in [0.5, 0.6) is 0 Å². The minimum absolute atomic E-state index is 0.0797. The number of carbonyl (C=O) groups excluding carboxylic acids is 1. The van der Waals surface area contributed by atoms with Crippen LogP contribution in [-0.2, 0) is 9.53 Å². The third-order valence-electron chi connectivity index (χ3n) is 3.24. The first-order valence-electron chi connectivity index (χ1n) is 6.41. The van der Waals surface area contributed by atoms with Gasteiger partial charge in [-0.2, -0.15) is 0 Å². The molecule has 0 spiro atoms. The Morgan fingerprint density at radius 2 is 2.41 bits per heavy atom. The van der Waals surface area contributed by atoms with Crippen molar-refractivity contribution in [1.29, 1.82) is 0 Å². The number of likely N-dealkylation sites (tertiary alicyclic amines) is 1. The fourth-order valence-electron chi connectivity index (χ4n) is 2.13. The molecule has 5 nitrogen and oxygen atoms in total. The molecule has 100 valence electrons. The van der Waals surface area contributed by atoms with Gasteiger partial charge in [-0.3, -0.25) is 9.69 Å². The van der Waals surface area contributed by atoms with Crippen LogP contribution >= 0.6 is 0 Å². The molecule has 1 aliphatic heterocycles. The second-order valence-electron chi connectivity index (χ2n) is 4.71. The third kappa shape index (κ3) is 5.02. The summed E-state index contributed by atoms with van der Waals surface area (Å²) in [7, 11) is 1.67. The molecule has 2 atom stereocenters. The van der Waals surface area contributed by atoms with Gasteiger partial charge in [0.15, 0.2) is 0 Å². The van der Waals surface area contributed by atoms with Gasteiger partial charge < -0.3 is 15.8 Å². The van der Waals surface area contributed by atoms with E-state index >= 15 is 0 Å². The van der Waals surface area contributed by atoms with Crippen LogP contribution in [0.4, 0.5) is 0 Å². The highest BCUT2D eigenvalue weighted by Gasteiger charge is 2.25. The van der Waals surface area contributed by atoms with Crippen LogP contribution in [0, 0.1) is 0 Å². The standard InChI is InChI=1S/C12H25N3O2/c1-10(12(16)14-6-4-8-17-2)15-7-3-5-11(13)9-15/h10-11H,3-9,13H2,1-2H3,(H,14,16).